The number of aryl methyl sites for hydroxylation is 1. The molecule has 214 valence electrons. The number of thiophene rings is 1. The Hall–Kier alpha value is -4.86. The molecule has 0 aliphatic carbocycles. The van der Waals surface area contributed by atoms with Gasteiger partial charge in [-0.1, -0.05) is 42.5 Å². The number of nitrogens with one attached hydrogen (secondary N) is 1. The van der Waals surface area contributed by atoms with Gasteiger partial charge in [-0.15, -0.1) is 11.3 Å². The molecular formula is C34H29N5O3S. The highest BCUT2D eigenvalue weighted by molar-refractivity contribution is 7.21. The summed E-state index contributed by atoms with van der Waals surface area (Å²) in [6, 6.07) is 25.9. The van der Waals surface area contributed by atoms with Crippen LogP contribution in [0.25, 0.3) is 54.9 Å². The van der Waals surface area contributed by atoms with Crippen molar-refractivity contribution in [3.63, 3.8) is 0 Å². The van der Waals surface area contributed by atoms with Gasteiger partial charge in [-0.3, -0.25) is 9.78 Å². The molecule has 5 heterocycles. The smallest absolute Gasteiger partial charge is 0.345 e. The molecule has 8 nitrogen and oxygen atoms in total. The van der Waals surface area contributed by atoms with Crippen molar-refractivity contribution >= 4 is 44.3 Å². The third-order valence-corrected chi connectivity index (χ3v) is 9.04. The van der Waals surface area contributed by atoms with Gasteiger partial charge in [0.2, 0.25) is 5.91 Å². The second-order valence-electron chi connectivity index (χ2n) is 10.8. The van der Waals surface area contributed by atoms with Crippen molar-refractivity contribution in [3.8, 4) is 33.8 Å². The van der Waals surface area contributed by atoms with Gasteiger partial charge in [-0.25, -0.2) is 9.78 Å². The summed E-state index contributed by atoms with van der Waals surface area (Å²) in [4.78, 5) is 37.2. The van der Waals surface area contributed by atoms with Crippen LogP contribution in [0.15, 0.2) is 85.1 Å². The van der Waals surface area contributed by atoms with Gasteiger partial charge >= 0.3 is 5.97 Å². The molecule has 0 saturated carbocycles. The molecule has 1 amide bonds. The summed E-state index contributed by atoms with van der Waals surface area (Å²) in [5.74, 6) is -0.961. The Bertz CT molecular complexity index is 2010. The van der Waals surface area contributed by atoms with Crippen molar-refractivity contribution in [2.45, 2.75) is 13.5 Å². The van der Waals surface area contributed by atoms with Crippen LogP contribution < -0.4 is 5.32 Å². The van der Waals surface area contributed by atoms with Crippen LogP contribution in [0.5, 0.6) is 0 Å². The van der Waals surface area contributed by atoms with E-state index in [2.05, 4.69) is 22.4 Å². The van der Waals surface area contributed by atoms with E-state index in [1.54, 1.807) is 12.3 Å². The minimum Gasteiger partial charge on any atom is -0.477 e. The maximum absolute atomic E-state index is 13.6. The zero-order valence-corrected chi connectivity index (χ0v) is 24.4. The molecule has 1 fully saturated rings. The molecule has 1 aliphatic rings. The van der Waals surface area contributed by atoms with Gasteiger partial charge in [0.1, 0.15) is 11.4 Å². The number of carbonyl (C=O) groups excluding carboxylic acids is 1. The fraction of sp³-hybridized carbons (Fsp3) is 0.176. The van der Waals surface area contributed by atoms with Crippen molar-refractivity contribution in [2.24, 2.45) is 0 Å². The molecule has 2 N–H and O–H groups in total. The Morgan fingerprint density at radius 3 is 2.51 bits per heavy atom. The number of hydrogen-bond donors (Lipinski definition) is 2. The predicted molar refractivity (Wildman–Crippen MR) is 170 cm³/mol. The second kappa shape index (κ2) is 11.1. The lowest BCUT2D eigenvalue weighted by molar-refractivity contribution is -0.132. The number of aromatic nitrogens is 3. The summed E-state index contributed by atoms with van der Waals surface area (Å²) < 4.78 is 2.86. The minimum absolute atomic E-state index is 0.0140. The van der Waals surface area contributed by atoms with Gasteiger partial charge in [0.15, 0.2) is 0 Å². The lowest BCUT2D eigenvalue weighted by Gasteiger charge is -2.28. The summed E-state index contributed by atoms with van der Waals surface area (Å²) in [5, 5.41) is 14.1. The number of carbonyl (C=O) groups is 2. The topological polar surface area (TPSA) is 100 Å². The van der Waals surface area contributed by atoms with E-state index in [1.165, 1.54) is 11.3 Å². The van der Waals surface area contributed by atoms with E-state index in [4.69, 9.17) is 4.98 Å². The van der Waals surface area contributed by atoms with E-state index in [0.29, 0.717) is 13.1 Å². The lowest BCUT2D eigenvalue weighted by atomic mass is 9.99. The van der Waals surface area contributed by atoms with E-state index < -0.39 is 5.97 Å². The molecule has 0 spiro atoms. The molecular weight excluding hydrogens is 558 g/mol. The minimum atomic E-state index is -0.975. The number of amides is 1. The highest BCUT2D eigenvalue weighted by Gasteiger charge is 2.27. The van der Waals surface area contributed by atoms with Gasteiger partial charge in [0.05, 0.1) is 32.8 Å². The van der Waals surface area contributed by atoms with Crippen LogP contribution >= 0.6 is 11.3 Å². The molecule has 1 saturated heterocycles. The van der Waals surface area contributed by atoms with Crippen LogP contribution in [-0.2, 0) is 11.3 Å². The number of carboxylic acids is 1. The number of fused-ring (bicyclic) bond motifs is 2. The van der Waals surface area contributed by atoms with Crippen molar-refractivity contribution in [2.75, 3.05) is 26.2 Å². The molecule has 0 radical (unpaired) electrons. The highest BCUT2D eigenvalue weighted by atomic mass is 32.1. The maximum Gasteiger partial charge on any atom is 0.345 e. The normalized spacial score (nSPS) is 13.6. The number of pyridine rings is 2. The summed E-state index contributed by atoms with van der Waals surface area (Å²) in [6.45, 7) is 4.96. The van der Waals surface area contributed by atoms with Crippen molar-refractivity contribution in [1.29, 1.82) is 0 Å². The van der Waals surface area contributed by atoms with Gasteiger partial charge in [-0.05, 0) is 60.0 Å². The van der Waals surface area contributed by atoms with Gasteiger partial charge in [-0.2, -0.15) is 0 Å². The second-order valence-corrected chi connectivity index (χ2v) is 11.8. The summed E-state index contributed by atoms with van der Waals surface area (Å²) in [7, 11) is 0. The Morgan fingerprint density at radius 2 is 1.74 bits per heavy atom. The van der Waals surface area contributed by atoms with Gasteiger partial charge in [0.25, 0.3) is 0 Å². The van der Waals surface area contributed by atoms with Gasteiger partial charge < -0.3 is 19.9 Å². The fourth-order valence-electron chi connectivity index (χ4n) is 5.81. The number of carboxylic acid groups (broad SMARTS) is 1. The van der Waals surface area contributed by atoms with Crippen LogP contribution in [0.2, 0.25) is 0 Å². The standard InChI is InChI=1S/C34H29N5O3S/c1-21-11-12-36-27(17-21)26-10-7-23-18-24(8-9-25(23)37-26)32-31(22-5-3-2-4-6-22)33-28(19-29(43-33)34(41)42)39(32)20-30(40)38-15-13-35-14-16-38/h2-12,17-19,35H,13-16,20H2,1H3,(H,41,42). The first kappa shape index (κ1) is 27.0. The molecule has 6 aromatic rings. The van der Waals surface area contributed by atoms with Crippen LogP contribution in [0.1, 0.15) is 15.2 Å². The molecule has 1 aliphatic heterocycles. The third-order valence-electron chi connectivity index (χ3n) is 7.91. The molecule has 0 unspecified atom stereocenters. The van der Waals surface area contributed by atoms with E-state index >= 15 is 0 Å². The van der Waals surface area contributed by atoms with Crippen molar-refractivity contribution < 1.29 is 14.7 Å². The molecule has 7 rings (SSSR count). The number of rotatable bonds is 6. The Balaban J connectivity index is 1.42. The first-order valence-corrected chi connectivity index (χ1v) is 15.1. The number of benzene rings is 2. The monoisotopic (exact) mass is 587 g/mol. The first-order chi connectivity index (χ1) is 21.0. The third kappa shape index (κ3) is 5.07. The highest BCUT2D eigenvalue weighted by Crippen LogP contribution is 2.45. The number of nitrogens with zero attached hydrogens (tertiary/aromatic N) is 4. The Kier molecular flexibility index (Phi) is 6.96. The van der Waals surface area contributed by atoms with Crippen LogP contribution in [0.4, 0.5) is 0 Å². The quantitative estimate of drug-likeness (QED) is 0.245. The number of hydrogen-bond acceptors (Lipinski definition) is 6. The van der Waals surface area contributed by atoms with E-state index in [9.17, 15) is 14.7 Å². The molecule has 43 heavy (non-hydrogen) atoms. The van der Waals surface area contributed by atoms with Gasteiger partial charge in [0, 0.05) is 43.3 Å². The van der Waals surface area contributed by atoms with Crippen LogP contribution in [0.3, 0.4) is 0 Å². The van der Waals surface area contributed by atoms with Crippen molar-refractivity contribution in [1.82, 2.24) is 24.8 Å². The zero-order chi connectivity index (χ0) is 29.5. The largest absolute Gasteiger partial charge is 0.477 e. The lowest BCUT2D eigenvalue weighted by Crippen LogP contribution is -2.47. The zero-order valence-electron chi connectivity index (χ0n) is 23.6. The summed E-state index contributed by atoms with van der Waals surface area (Å²) in [5.41, 5.74) is 8.06. The van der Waals surface area contributed by atoms with Crippen LogP contribution in [0, 0.1) is 6.92 Å². The fourth-order valence-corrected chi connectivity index (χ4v) is 6.88. The van der Waals surface area contributed by atoms with Crippen molar-refractivity contribution in [3.05, 3.63) is 95.5 Å². The van der Waals surface area contributed by atoms with E-state index in [-0.39, 0.29) is 17.3 Å². The predicted octanol–water partition coefficient (Wildman–Crippen LogP) is 6.09. The van der Waals surface area contributed by atoms with E-state index in [0.717, 1.165) is 73.5 Å². The van der Waals surface area contributed by atoms with E-state index in [1.807, 2.05) is 77.1 Å². The summed E-state index contributed by atoms with van der Waals surface area (Å²) in [6.07, 6.45) is 1.79. The average molecular weight is 588 g/mol. The molecule has 0 bridgehead atoms. The first-order valence-electron chi connectivity index (χ1n) is 14.2. The average Bonchev–Trinajstić information content (AvgIpc) is 3.60. The number of aromatic carboxylic acids is 1. The molecule has 0 atom stereocenters. The Labute approximate surface area is 252 Å². The molecule has 9 heteroatoms. The van der Waals surface area contributed by atoms with Crippen LogP contribution in [-0.4, -0.2) is 62.6 Å². The molecule has 2 aromatic carbocycles. The molecule has 4 aromatic heterocycles. The number of piperazine rings is 1. The Morgan fingerprint density at radius 1 is 0.930 bits per heavy atom. The SMILES string of the molecule is Cc1ccnc(-c2ccc3cc(-c4c(-c5ccccc5)c5sc(C(=O)O)cc5n4CC(=O)N4CCNCC4)ccc3n2)c1. The maximum atomic E-state index is 13.6. The summed E-state index contributed by atoms with van der Waals surface area (Å²) >= 11 is 1.25.